The van der Waals surface area contributed by atoms with Crippen LogP contribution in [0.4, 0.5) is 0 Å². The summed E-state index contributed by atoms with van der Waals surface area (Å²) < 4.78 is 2.12. The van der Waals surface area contributed by atoms with Crippen LogP contribution in [0.25, 0.3) is 0 Å². The van der Waals surface area contributed by atoms with Crippen molar-refractivity contribution < 1.29 is 0 Å². The van der Waals surface area contributed by atoms with E-state index < -0.39 is 0 Å². The Morgan fingerprint density at radius 3 is 2.82 bits per heavy atom. The fourth-order valence-electron chi connectivity index (χ4n) is 1.97. The van der Waals surface area contributed by atoms with Gasteiger partial charge in [-0.25, -0.2) is 4.98 Å². The third-order valence-electron chi connectivity index (χ3n) is 3.10. The van der Waals surface area contributed by atoms with Gasteiger partial charge in [0.1, 0.15) is 5.82 Å². The lowest BCUT2D eigenvalue weighted by Gasteiger charge is -2.24. The molecule has 17 heavy (non-hydrogen) atoms. The molecule has 1 rings (SSSR count). The van der Waals surface area contributed by atoms with E-state index in [4.69, 9.17) is 0 Å². The Morgan fingerprint density at radius 2 is 2.29 bits per heavy atom. The topological polar surface area (TPSA) is 29.9 Å². The van der Waals surface area contributed by atoms with E-state index in [1.54, 1.807) is 0 Å². The van der Waals surface area contributed by atoms with Crippen LogP contribution in [0, 0.1) is 5.92 Å². The first kappa shape index (κ1) is 14.6. The van der Waals surface area contributed by atoms with Crippen molar-refractivity contribution in [3.8, 4) is 0 Å². The Balaban J connectivity index is 2.59. The number of hydrogen-bond donors (Lipinski definition) is 1. The fourth-order valence-corrected chi connectivity index (χ4v) is 2.73. The molecule has 1 aromatic rings. The van der Waals surface area contributed by atoms with Crippen LogP contribution >= 0.6 is 11.8 Å². The first-order valence-electron chi connectivity index (χ1n) is 6.37. The van der Waals surface area contributed by atoms with Gasteiger partial charge in [-0.3, -0.25) is 0 Å². The second-order valence-corrected chi connectivity index (χ2v) is 5.56. The minimum Gasteiger partial charge on any atom is -0.338 e. The summed E-state index contributed by atoms with van der Waals surface area (Å²) in [6, 6.07) is 0.531. The summed E-state index contributed by atoms with van der Waals surface area (Å²) in [6.45, 7) is 5.63. The lowest BCUT2D eigenvalue weighted by Crippen LogP contribution is -2.39. The minimum atomic E-state index is 0.531. The third kappa shape index (κ3) is 4.72. The van der Waals surface area contributed by atoms with Gasteiger partial charge in [0.25, 0.3) is 0 Å². The molecule has 0 spiro atoms. The maximum Gasteiger partial charge on any atom is 0.109 e. The van der Waals surface area contributed by atoms with Crippen molar-refractivity contribution >= 4 is 11.8 Å². The molecule has 0 aromatic carbocycles. The number of imidazole rings is 1. The van der Waals surface area contributed by atoms with Gasteiger partial charge in [0.05, 0.1) is 0 Å². The van der Waals surface area contributed by atoms with Crippen molar-refractivity contribution in [1.29, 1.82) is 0 Å². The molecule has 98 valence electrons. The first-order valence-corrected chi connectivity index (χ1v) is 7.76. The number of nitrogens with one attached hydrogen (secondary N) is 1. The van der Waals surface area contributed by atoms with Crippen LogP contribution in [0.2, 0.25) is 0 Å². The second-order valence-electron chi connectivity index (χ2n) is 4.65. The van der Waals surface area contributed by atoms with Gasteiger partial charge >= 0.3 is 0 Å². The lowest BCUT2D eigenvalue weighted by atomic mass is 10.00. The Labute approximate surface area is 109 Å². The van der Waals surface area contributed by atoms with E-state index in [2.05, 4.69) is 42.0 Å². The van der Waals surface area contributed by atoms with E-state index in [1.807, 2.05) is 24.2 Å². The summed E-state index contributed by atoms with van der Waals surface area (Å²) in [4.78, 5) is 4.42. The molecule has 0 saturated carbocycles. The van der Waals surface area contributed by atoms with Crippen molar-refractivity contribution in [3.05, 3.63) is 18.2 Å². The Hall–Kier alpha value is -0.480. The highest BCUT2D eigenvalue weighted by Gasteiger charge is 2.18. The van der Waals surface area contributed by atoms with Crippen LogP contribution in [-0.4, -0.2) is 34.1 Å². The quantitative estimate of drug-likeness (QED) is 0.773. The summed E-state index contributed by atoms with van der Waals surface area (Å²) >= 11 is 1.92. The van der Waals surface area contributed by atoms with Gasteiger partial charge in [0.2, 0.25) is 0 Å². The van der Waals surface area contributed by atoms with Crippen molar-refractivity contribution in [3.63, 3.8) is 0 Å². The molecule has 2 unspecified atom stereocenters. The maximum absolute atomic E-state index is 4.42. The molecule has 0 amide bonds. The van der Waals surface area contributed by atoms with Crippen LogP contribution in [0.15, 0.2) is 12.4 Å². The molecule has 3 nitrogen and oxygen atoms in total. The molecule has 0 radical (unpaired) electrons. The average molecular weight is 255 g/mol. The van der Waals surface area contributed by atoms with E-state index in [0.29, 0.717) is 12.0 Å². The summed E-state index contributed by atoms with van der Waals surface area (Å²) in [5.74, 6) is 3.05. The van der Waals surface area contributed by atoms with Crippen LogP contribution in [0.3, 0.4) is 0 Å². The van der Waals surface area contributed by atoms with Crippen LogP contribution in [0.1, 0.15) is 26.1 Å². The van der Waals surface area contributed by atoms with E-state index in [1.165, 1.54) is 18.0 Å². The van der Waals surface area contributed by atoms with Crippen molar-refractivity contribution in [2.24, 2.45) is 13.0 Å². The zero-order valence-corrected chi connectivity index (χ0v) is 12.3. The predicted octanol–water partition coefficient (Wildman–Crippen LogP) is 2.33. The monoisotopic (exact) mass is 255 g/mol. The molecule has 0 fully saturated rings. The highest BCUT2D eigenvalue weighted by molar-refractivity contribution is 7.98. The molecule has 4 heteroatoms. The molecule has 1 heterocycles. The van der Waals surface area contributed by atoms with Crippen molar-refractivity contribution in [2.75, 3.05) is 18.6 Å². The van der Waals surface area contributed by atoms with Crippen LogP contribution < -0.4 is 5.32 Å². The predicted molar refractivity (Wildman–Crippen MR) is 76.5 cm³/mol. The number of hydrogen-bond acceptors (Lipinski definition) is 3. The summed E-state index contributed by atoms with van der Waals surface area (Å²) in [7, 11) is 2.07. The van der Waals surface area contributed by atoms with Gasteiger partial charge in [-0.05, 0) is 30.9 Å². The zero-order valence-electron chi connectivity index (χ0n) is 11.4. The first-order chi connectivity index (χ1) is 8.19. The molecule has 1 aromatic heterocycles. The largest absolute Gasteiger partial charge is 0.338 e. The van der Waals surface area contributed by atoms with Gasteiger partial charge in [-0.15, -0.1) is 0 Å². The van der Waals surface area contributed by atoms with Crippen molar-refractivity contribution in [2.45, 2.75) is 32.7 Å². The molecule has 0 aliphatic heterocycles. The van der Waals surface area contributed by atoms with E-state index in [0.717, 1.165) is 13.0 Å². The minimum absolute atomic E-state index is 0.531. The molecular formula is C13H25N3S. The van der Waals surface area contributed by atoms with Gasteiger partial charge in [-0.1, -0.05) is 13.8 Å². The molecule has 2 atom stereocenters. The Kier molecular flexibility index (Phi) is 6.66. The van der Waals surface area contributed by atoms with Crippen LogP contribution in [0.5, 0.6) is 0 Å². The zero-order chi connectivity index (χ0) is 12.7. The SMILES string of the molecule is CCCNC(Cc1nccn1C)C(C)CSC. The van der Waals surface area contributed by atoms with Gasteiger partial charge < -0.3 is 9.88 Å². The molecular weight excluding hydrogens is 230 g/mol. The Bertz CT molecular complexity index is 311. The second kappa shape index (κ2) is 7.77. The van der Waals surface area contributed by atoms with Gasteiger partial charge in [-0.2, -0.15) is 11.8 Å². The van der Waals surface area contributed by atoms with Gasteiger partial charge in [0, 0.05) is 31.9 Å². The molecule has 0 saturated heterocycles. The normalized spacial score (nSPS) is 14.8. The molecule has 1 N–H and O–H groups in total. The number of rotatable bonds is 8. The van der Waals surface area contributed by atoms with E-state index in [9.17, 15) is 0 Å². The standard InChI is InChI=1S/C13H25N3S/c1-5-6-14-12(11(2)10-17-4)9-13-15-7-8-16(13)3/h7-8,11-12,14H,5-6,9-10H2,1-4H3. The van der Waals surface area contributed by atoms with E-state index in [-0.39, 0.29) is 0 Å². The molecule has 0 aliphatic carbocycles. The number of aromatic nitrogens is 2. The number of nitrogens with zero attached hydrogens (tertiary/aromatic N) is 2. The smallest absolute Gasteiger partial charge is 0.109 e. The highest BCUT2D eigenvalue weighted by atomic mass is 32.2. The molecule has 0 aliphatic rings. The third-order valence-corrected chi connectivity index (χ3v) is 3.96. The van der Waals surface area contributed by atoms with Crippen molar-refractivity contribution in [1.82, 2.24) is 14.9 Å². The lowest BCUT2D eigenvalue weighted by molar-refractivity contribution is 0.393. The maximum atomic E-state index is 4.42. The van der Waals surface area contributed by atoms with Crippen LogP contribution in [-0.2, 0) is 13.5 Å². The van der Waals surface area contributed by atoms with E-state index >= 15 is 0 Å². The number of aryl methyl sites for hydroxylation is 1. The average Bonchev–Trinajstić information content (AvgIpc) is 2.70. The summed E-state index contributed by atoms with van der Waals surface area (Å²) in [5.41, 5.74) is 0. The molecule has 0 bridgehead atoms. The highest BCUT2D eigenvalue weighted by Crippen LogP contribution is 2.13. The summed E-state index contributed by atoms with van der Waals surface area (Å²) in [5, 5.41) is 3.65. The van der Waals surface area contributed by atoms with Gasteiger partial charge in [0.15, 0.2) is 0 Å². The Morgan fingerprint density at radius 1 is 1.53 bits per heavy atom. The summed E-state index contributed by atoms with van der Waals surface area (Å²) in [6.07, 6.45) is 8.28. The fraction of sp³-hybridized carbons (Fsp3) is 0.769. The number of thioether (sulfide) groups is 1.